The Morgan fingerprint density at radius 2 is 2.19 bits per heavy atom. The smallest absolute Gasteiger partial charge is 0.253 e. The van der Waals surface area contributed by atoms with Gasteiger partial charge >= 0.3 is 0 Å². The lowest BCUT2D eigenvalue weighted by Gasteiger charge is -2.36. The van der Waals surface area contributed by atoms with Gasteiger partial charge in [-0.15, -0.1) is 0 Å². The van der Waals surface area contributed by atoms with E-state index in [0.29, 0.717) is 0 Å². The summed E-state index contributed by atoms with van der Waals surface area (Å²) in [4.78, 5) is 16.9. The maximum Gasteiger partial charge on any atom is 0.253 e. The molecule has 1 aliphatic rings. The van der Waals surface area contributed by atoms with Gasteiger partial charge < -0.3 is 4.90 Å². The fraction of sp³-hybridized carbons (Fsp3) is 0.429. The molecule has 144 valence electrons. The fourth-order valence-corrected chi connectivity index (χ4v) is 2.53. The summed E-state index contributed by atoms with van der Waals surface area (Å²) < 4.78 is 118. The van der Waals surface area contributed by atoms with Gasteiger partial charge in [-0.25, -0.2) is 8.78 Å². The lowest BCUT2D eigenvalue weighted by atomic mass is 9.87. The minimum absolute atomic E-state index is 0.112. The lowest BCUT2D eigenvalue weighted by molar-refractivity contribution is 0.0389. The molecule has 0 spiro atoms. The number of nitrogens with zero attached hydrogens (tertiary/aromatic N) is 2. The molecule has 1 fully saturated rings. The molecule has 1 aromatic carbocycles. The van der Waals surface area contributed by atoms with Crippen LogP contribution in [0.1, 0.15) is 62.3 Å². The molecule has 1 saturated heterocycles. The average molecular weight is 404 g/mol. The molecule has 0 N–H and O–H groups in total. The molecule has 1 aliphatic heterocycles. The van der Waals surface area contributed by atoms with Crippen molar-refractivity contribution >= 4 is 17.5 Å². The summed E-state index contributed by atoms with van der Waals surface area (Å²) >= 11 is 5.68. The lowest BCUT2D eigenvalue weighted by Crippen LogP contribution is -2.44. The average Bonchev–Trinajstić information content (AvgIpc) is 2.72. The van der Waals surface area contributed by atoms with Crippen LogP contribution < -0.4 is 0 Å². The summed E-state index contributed by atoms with van der Waals surface area (Å²) in [5, 5.41) is -0.479. The second-order valence-corrected chi connectivity index (χ2v) is 6.27. The van der Waals surface area contributed by atoms with E-state index >= 15 is 4.39 Å². The third-order valence-corrected chi connectivity index (χ3v) is 4.13. The summed E-state index contributed by atoms with van der Waals surface area (Å²) in [6.45, 7) is -8.69. The number of aromatic nitrogens is 1. The Hall–Kier alpha value is -2.01. The van der Waals surface area contributed by atoms with Gasteiger partial charge in [0.05, 0.1) is 5.02 Å². The van der Waals surface area contributed by atoms with Crippen molar-refractivity contribution in [1.29, 1.82) is 0 Å². The van der Waals surface area contributed by atoms with Crippen LogP contribution in [0.25, 0.3) is 0 Å². The van der Waals surface area contributed by atoms with Crippen molar-refractivity contribution in [2.75, 3.05) is 13.0 Å². The van der Waals surface area contributed by atoms with Crippen LogP contribution in [-0.2, 0) is 6.37 Å². The quantitative estimate of drug-likeness (QED) is 0.691. The van der Waals surface area contributed by atoms with E-state index < -0.39 is 80.0 Å². The number of pyridine rings is 1. The zero-order chi connectivity index (χ0) is 29.1. The number of piperidine rings is 1. The van der Waals surface area contributed by atoms with E-state index in [1.165, 1.54) is 0 Å². The Morgan fingerprint density at radius 3 is 2.81 bits per heavy atom. The molecule has 0 saturated carbocycles. The molecule has 2 heterocycles. The first-order valence-corrected chi connectivity index (χ1v) is 8.36. The number of carbonyl (C=O) groups excluding carboxylic acids is 1. The summed E-state index contributed by atoms with van der Waals surface area (Å²) in [5.41, 5.74) is -4.25. The summed E-state index contributed by atoms with van der Waals surface area (Å²) in [7, 11) is 0. The summed E-state index contributed by atoms with van der Waals surface area (Å²) in [6.07, 6.45) is -8.83. The highest BCUT2D eigenvalue weighted by atomic mass is 35.5. The number of benzene rings is 1. The van der Waals surface area contributed by atoms with Gasteiger partial charge in [-0.1, -0.05) is 17.7 Å². The van der Waals surface area contributed by atoms with Crippen LogP contribution in [0.15, 0.2) is 36.5 Å². The van der Waals surface area contributed by atoms with E-state index in [-0.39, 0.29) is 16.0 Å². The van der Waals surface area contributed by atoms with Crippen molar-refractivity contribution in [1.82, 2.24) is 9.88 Å². The zero-order valence-electron chi connectivity index (χ0n) is 25.0. The summed E-state index contributed by atoms with van der Waals surface area (Å²) in [5.74, 6) is -2.14. The number of alkyl halides is 1. The molecule has 2 aromatic rings. The highest BCUT2D eigenvalue weighted by molar-refractivity contribution is 6.31. The van der Waals surface area contributed by atoms with Gasteiger partial charge in [-0.05, 0) is 68.7 Å². The SMILES string of the molecule is [2H]C([2H])([2H])c1ccc(C([2H])([2H])CC([2H])([2H])C2(F)CC([2H])([2H])N(C(=O)c3ccc(F)c(Cl)c3)C([2H])([2H])C2)nc1. The van der Waals surface area contributed by atoms with Crippen LogP contribution in [0.2, 0.25) is 5.02 Å². The van der Waals surface area contributed by atoms with Crippen LogP contribution in [0, 0.1) is 12.7 Å². The van der Waals surface area contributed by atoms with Gasteiger partial charge in [0.1, 0.15) is 11.5 Å². The van der Waals surface area contributed by atoms with Crippen LogP contribution in [0.4, 0.5) is 8.78 Å². The Kier molecular flexibility index (Phi) is 3.08. The first kappa shape index (κ1) is 9.97. The van der Waals surface area contributed by atoms with Crippen molar-refractivity contribution < 1.29 is 28.7 Å². The number of halogens is 3. The molecule has 0 atom stereocenters. The Labute approximate surface area is 178 Å². The Bertz CT molecular complexity index is 1200. The molecular weight excluding hydrogens is 370 g/mol. The Morgan fingerprint density at radius 1 is 1.41 bits per heavy atom. The topological polar surface area (TPSA) is 33.2 Å². The van der Waals surface area contributed by atoms with Crippen LogP contribution >= 0.6 is 11.6 Å². The minimum atomic E-state index is -3.29. The minimum Gasteiger partial charge on any atom is -0.338 e. The van der Waals surface area contributed by atoms with Crippen molar-refractivity contribution in [3.8, 4) is 0 Å². The largest absolute Gasteiger partial charge is 0.338 e. The summed E-state index contributed by atoms with van der Waals surface area (Å²) in [6, 6.07) is 4.74. The van der Waals surface area contributed by atoms with Crippen molar-refractivity contribution in [3.05, 3.63) is 64.2 Å². The predicted molar refractivity (Wildman–Crippen MR) is 102 cm³/mol. The highest BCUT2D eigenvalue weighted by Gasteiger charge is 2.35. The molecule has 0 aliphatic carbocycles. The number of amides is 1. The maximum atomic E-state index is 16.2. The van der Waals surface area contributed by atoms with Gasteiger partial charge in [0.2, 0.25) is 0 Å². The molecule has 3 nitrogen and oxygen atoms in total. The van der Waals surface area contributed by atoms with Crippen LogP contribution in [0.5, 0.6) is 0 Å². The predicted octanol–water partition coefficient (Wildman–Crippen LogP) is 5.15. The van der Waals surface area contributed by atoms with E-state index in [2.05, 4.69) is 4.98 Å². The normalized spacial score (nSPS) is 27.7. The van der Waals surface area contributed by atoms with E-state index in [9.17, 15) is 9.18 Å². The van der Waals surface area contributed by atoms with E-state index in [1.54, 1.807) is 0 Å². The number of hydrogen-bond acceptors (Lipinski definition) is 2. The van der Waals surface area contributed by atoms with E-state index in [1.807, 2.05) is 0 Å². The number of rotatable bonds is 5. The van der Waals surface area contributed by atoms with Gasteiger partial charge in [0.15, 0.2) is 0 Å². The van der Waals surface area contributed by atoms with Crippen molar-refractivity contribution in [3.63, 3.8) is 0 Å². The molecule has 0 radical (unpaired) electrons. The molecule has 1 aromatic heterocycles. The third-order valence-electron chi connectivity index (χ3n) is 3.84. The third kappa shape index (κ3) is 5.04. The molecule has 27 heavy (non-hydrogen) atoms. The number of carbonyl (C=O) groups is 1. The highest BCUT2D eigenvalue weighted by Crippen LogP contribution is 2.32. The van der Waals surface area contributed by atoms with E-state index in [4.69, 9.17) is 26.7 Å². The molecule has 0 unspecified atom stereocenters. The first-order chi connectivity index (χ1) is 17.0. The number of hydrogen-bond donors (Lipinski definition) is 0. The van der Waals surface area contributed by atoms with Gasteiger partial charge in [-0.2, -0.15) is 0 Å². The van der Waals surface area contributed by atoms with Crippen molar-refractivity contribution in [2.24, 2.45) is 0 Å². The monoisotopic (exact) mass is 403 g/mol. The van der Waals surface area contributed by atoms with E-state index in [0.717, 1.165) is 36.5 Å². The van der Waals surface area contributed by atoms with Gasteiger partial charge in [0, 0.05) is 45.5 Å². The molecule has 1 amide bonds. The molecular formula is C21H23ClF2N2O. The Balaban J connectivity index is 1.91. The number of aryl methyl sites for hydroxylation is 2. The second-order valence-electron chi connectivity index (χ2n) is 5.87. The first-order valence-electron chi connectivity index (χ1n) is 13.5. The number of likely N-dealkylation sites (tertiary alicyclic amines) is 1. The van der Waals surface area contributed by atoms with Crippen LogP contribution in [-0.4, -0.2) is 34.5 Å². The van der Waals surface area contributed by atoms with Gasteiger partial charge in [-0.3, -0.25) is 9.78 Å². The molecule has 3 rings (SSSR count). The van der Waals surface area contributed by atoms with Crippen LogP contribution in [0.3, 0.4) is 0 Å². The van der Waals surface area contributed by atoms with Crippen molar-refractivity contribution in [2.45, 2.75) is 44.5 Å². The standard InChI is InChI=1S/C21H23ClF2N2O/c1-15-4-6-17(25-14-15)3-2-8-21(24)9-11-26(12-10-21)20(27)16-5-7-19(23)18(22)13-16/h4-7,13-14H,2-3,8-12H2,1H3/i1D3,3D2,8D2,11D2,12D2. The maximum absolute atomic E-state index is 16.2. The fourth-order valence-electron chi connectivity index (χ4n) is 2.35. The zero-order valence-corrected chi connectivity index (χ0v) is 14.8. The second kappa shape index (κ2) is 8.34. The molecule has 6 heteroatoms. The molecule has 0 bridgehead atoms. The van der Waals surface area contributed by atoms with Gasteiger partial charge in [0.25, 0.3) is 5.91 Å².